The van der Waals surface area contributed by atoms with Gasteiger partial charge in [0.2, 0.25) is 5.88 Å². The molecule has 2 aromatic rings. The van der Waals surface area contributed by atoms with Gasteiger partial charge in [-0.05, 0) is 33.7 Å². The van der Waals surface area contributed by atoms with Gasteiger partial charge in [-0.2, -0.15) is 4.98 Å². The number of benzene rings is 1. The smallest absolute Gasteiger partial charge is 0.356 e. The van der Waals surface area contributed by atoms with Crippen LogP contribution < -0.4 is 11.4 Å². The minimum atomic E-state index is -1.21. The molecule has 0 aliphatic carbocycles. The van der Waals surface area contributed by atoms with E-state index in [0.717, 1.165) is 26.2 Å². The fourth-order valence-electron chi connectivity index (χ4n) is 2.30. The van der Waals surface area contributed by atoms with Crippen molar-refractivity contribution in [2.24, 2.45) is 0 Å². The molecule has 0 saturated heterocycles. The summed E-state index contributed by atoms with van der Waals surface area (Å²) >= 11 is 0. The van der Waals surface area contributed by atoms with Crippen molar-refractivity contribution in [2.75, 3.05) is 12.3 Å². The maximum Gasteiger partial charge on any atom is 0.356 e. The number of nitrogen functional groups attached to an aromatic ring is 1. The van der Waals surface area contributed by atoms with E-state index < -0.39 is 29.4 Å². The van der Waals surface area contributed by atoms with Crippen molar-refractivity contribution in [1.29, 1.82) is 0 Å². The van der Waals surface area contributed by atoms with Crippen LogP contribution >= 0.6 is 21.6 Å². The van der Waals surface area contributed by atoms with Gasteiger partial charge in [0, 0.05) is 12.3 Å². The van der Waals surface area contributed by atoms with Gasteiger partial charge in [0.15, 0.2) is 6.10 Å². The highest BCUT2D eigenvalue weighted by Crippen LogP contribution is 2.47. The Labute approximate surface area is 160 Å². The van der Waals surface area contributed by atoms with Crippen molar-refractivity contribution >= 4 is 39.0 Å². The van der Waals surface area contributed by atoms with Gasteiger partial charge in [-0.1, -0.05) is 12.1 Å². The Balaban J connectivity index is 1.96. The van der Waals surface area contributed by atoms with Crippen LogP contribution in [-0.2, 0) is 4.74 Å². The van der Waals surface area contributed by atoms with E-state index in [2.05, 4.69) is 4.98 Å². The first kappa shape index (κ1) is 19.2. The highest BCUT2D eigenvalue weighted by atomic mass is 33.1. The quantitative estimate of drug-likeness (QED) is 0.358. The second-order valence-corrected chi connectivity index (χ2v) is 7.56. The highest BCUT2D eigenvalue weighted by molar-refractivity contribution is 8.78. The fourth-order valence-corrected chi connectivity index (χ4v) is 4.78. The number of rotatable bonds is 6. The van der Waals surface area contributed by atoms with Gasteiger partial charge in [0.25, 0.3) is 5.69 Å². The van der Waals surface area contributed by atoms with E-state index in [1.165, 1.54) is 18.3 Å². The summed E-state index contributed by atoms with van der Waals surface area (Å²) in [5.74, 6) is 0.0210. The van der Waals surface area contributed by atoms with Gasteiger partial charge in [0.1, 0.15) is 11.9 Å². The van der Waals surface area contributed by atoms with Crippen LogP contribution in [0.5, 0.6) is 0 Å². The normalized spacial score (nSPS) is 19.2. The van der Waals surface area contributed by atoms with Gasteiger partial charge in [-0.15, -0.1) is 0 Å². The van der Waals surface area contributed by atoms with Gasteiger partial charge < -0.3 is 20.7 Å². The second-order valence-electron chi connectivity index (χ2n) is 5.35. The monoisotopic (exact) mass is 410 g/mol. The van der Waals surface area contributed by atoms with Crippen LogP contribution in [0.4, 0.5) is 11.5 Å². The number of hydrogen-bond acceptors (Lipinski definition) is 10. The predicted molar refractivity (Wildman–Crippen MR) is 101 cm³/mol. The number of anilines is 1. The first-order valence-corrected chi connectivity index (χ1v) is 9.70. The summed E-state index contributed by atoms with van der Waals surface area (Å²) in [4.78, 5) is 26.9. The number of nitrogens with zero attached hydrogens (tertiary/aromatic N) is 3. The average molecular weight is 410 g/mol. The Kier molecular flexibility index (Phi) is 5.70. The zero-order chi connectivity index (χ0) is 19.6. The zero-order valence-corrected chi connectivity index (χ0v) is 15.2. The molecule has 1 aliphatic heterocycles. The van der Waals surface area contributed by atoms with Gasteiger partial charge in [-0.3, -0.25) is 10.1 Å². The molecule has 1 aromatic carbocycles. The topological polar surface area (TPSA) is 154 Å². The molecule has 0 saturated carbocycles. The number of nitrogens with two attached hydrogens (primary N) is 1. The Hall–Kier alpha value is -2.54. The van der Waals surface area contributed by atoms with E-state index >= 15 is 0 Å². The number of aliphatic hydroxyl groups is 2. The van der Waals surface area contributed by atoms with Gasteiger partial charge in [-0.25, -0.2) is 9.36 Å². The summed E-state index contributed by atoms with van der Waals surface area (Å²) in [6.07, 6.45) is -0.851. The lowest BCUT2D eigenvalue weighted by molar-refractivity contribution is -0.387. The molecule has 1 aromatic heterocycles. The number of hydrogen-bond donors (Lipinski definition) is 3. The van der Waals surface area contributed by atoms with Crippen LogP contribution in [-0.4, -0.2) is 43.5 Å². The average Bonchev–Trinajstić information content (AvgIpc) is 2.95. The third kappa shape index (κ3) is 3.93. The van der Waals surface area contributed by atoms with Crippen molar-refractivity contribution in [2.45, 2.75) is 17.1 Å². The molecule has 142 valence electrons. The van der Waals surface area contributed by atoms with E-state index in [-0.39, 0.29) is 22.3 Å². The molecular weight excluding hydrogens is 396 g/mol. The minimum absolute atomic E-state index is 0.00451. The van der Waals surface area contributed by atoms with E-state index in [4.69, 9.17) is 10.5 Å². The molecule has 1 aliphatic rings. The van der Waals surface area contributed by atoms with Crippen molar-refractivity contribution in [3.05, 3.63) is 62.0 Å². The highest BCUT2D eigenvalue weighted by Gasteiger charge is 2.37. The number of ether oxygens (including phenoxy) is 1. The molecule has 0 radical (unpaired) electrons. The van der Waals surface area contributed by atoms with Crippen LogP contribution in [0.1, 0.15) is 0 Å². The molecule has 4 N–H and O–H groups in total. The summed E-state index contributed by atoms with van der Waals surface area (Å²) in [7, 11) is 2.03. The molecule has 27 heavy (non-hydrogen) atoms. The second kappa shape index (κ2) is 8.00. The standard InChI is InChI=1S/C15H14N4O6S2/c16-11-5-6-18(15(22)17-11)14-13(12(21)9(7-20)25-14)27-26-10-4-2-1-3-8(10)19(23)24/h1-6,9,12,20-21H,7H2,(H2,16,17,22)/t9-,12?/m1/s1. The molecule has 1 unspecified atom stereocenters. The maximum absolute atomic E-state index is 12.1. The largest absolute Gasteiger partial charge is 0.469 e. The third-order valence-electron chi connectivity index (χ3n) is 3.60. The fraction of sp³-hybridized carbons (Fsp3) is 0.200. The first-order chi connectivity index (χ1) is 12.9. The molecule has 2 atom stereocenters. The first-order valence-electron chi connectivity index (χ1n) is 7.55. The van der Waals surface area contributed by atoms with E-state index in [1.807, 2.05) is 0 Å². The van der Waals surface area contributed by atoms with Crippen molar-refractivity contribution in [3.8, 4) is 0 Å². The van der Waals surface area contributed by atoms with Crippen LogP contribution in [0, 0.1) is 10.1 Å². The number of nitro benzene ring substituents is 1. The maximum atomic E-state index is 12.1. The summed E-state index contributed by atoms with van der Waals surface area (Å²) in [5, 5.41) is 30.9. The van der Waals surface area contributed by atoms with Crippen molar-refractivity contribution < 1.29 is 19.9 Å². The summed E-state index contributed by atoms with van der Waals surface area (Å²) in [6.45, 7) is -0.484. The molecule has 0 fully saturated rings. The van der Waals surface area contributed by atoms with Gasteiger partial charge >= 0.3 is 5.69 Å². The van der Waals surface area contributed by atoms with E-state index in [9.17, 15) is 25.1 Å². The molecule has 0 amide bonds. The third-order valence-corrected chi connectivity index (χ3v) is 6.13. The summed E-state index contributed by atoms with van der Waals surface area (Å²) in [6, 6.07) is 7.52. The number of aromatic nitrogens is 2. The molecule has 0 bridgehead atoms. The molecule has 2 heterocycles. The zero-order valence-electron chi connectivity index (χ0n) is 13.6. The van der Waals surface area contributed by atoms with Crippen molar-refractivity contribution in [1.82, 2.24) is 9.55 Å². The lowest BCUT2D eigenvalue weighted by Gasteiger charge is -2.12. The number of nitro groups is 1. The predicted octanol–water partition coefficient (Wildman–Crippen LogP) is 1.05. The van der Waals surface area contributed by atoms with Gasteiger partial charge in [0.05, 0.1) is 21.3 Å². The van der Waals surface area contributed by atoms with Crippen molar-refractivity contribution in [3.63, 3.8) is 0 Å². The lowest BCUT2D eigenvalue weighted by atomic mass is 10.2. The van der Waals surface area contributed by atoms with Crippen LogP contribution in [0.25, 0.3) is 5.88 Å². The summed E-state index contributed by atoms with van der Waals surface area (Å²) < 4.78 is 6.56. The molecule has 12 heteroatoms. The molecule has 3 rings (SSSR count). The SMILES string of the molecule is Nc1ccn(C2=C(SSc3ccccc3[N+](=O)[O-])C(O)[C@@H](CO)O2)c(=O)n1. The molecular formula is C15H14N4O6S2. The Morgan fingerprint density at radius 3 is 2.74 bits per heavy atom. The van der Waals surface area contributed by atoms with E-state index in [0.29, 0.717) is 4.90 Å². The Morgan fingerprint density at radius 1 is 1.33 bits per heavy atom. The molecule has 10 nitrogen and oxygen atoms in total. The number of para-hydroxylation sites is 1. The van der Waals surface area contributed by atoms with Crippen LogP contribution in [0.2, 0.25) is 0 Å². The Bertz CT molecular complexity index is 963. The number of aliphatic hydroxyl groups excluding tert-OH is 2. The van der Waals surface area contributed by atoms with E-state index in [1.54, 1.807) is 18.2 Å². The Morgan fingerprint density at radius 2 is 2.07 bits per heavy atom. The lowest BCUT2D eigenvalue weighted by Crippen LogP contribution is -2.27. The van der Waals surface area contributed by atoms with Crippen LogP contribution in [0.15, 0.2) is 51.1 Å². The molecule has 0 spiro atoms. The minimum Gasteiger partial charge on any atom is -0.469 e. The van der Waals surface area contributed by atoms with Crippen LogP contribution in [0.3, 0.4) is 0 Å². The summed E-state index contributed by atoms with van der Waals surface area (Å²) in [5.41, 5.74) is 4.67.